The summed E-state index contributed by atoms with van der Waals surface area (Å²) in [6.07, 6.45) is 0. The molecule has 0 saturated heterocycles. The van der Waals surface area contributed by atoms with Crippen molar-refractivity contribution in [2.24, 2.45) is 10.2 Å². The van der Waals surface area contributed by atoms with Crippen molar-refractivity contribution in [1.82, 2.24) is 0 Å². The summed E-state index contributed by atoms with van der Waals surface area (Å²) in [7, 11) is 2.04. The smallest absolute Gasteiger partial charge is 0.162 e. The predicted octanol–water partition coefficient (Wildman–Crippen LogP) is 4.34. The zero-order chi connectivity index (χ0) is 16.4. The van der Waals surface area contributed by atoms with E-state index in [2.05, 4.69) is 51.5 Å². The van der Waals surface area contributed by atoms with Crippen LogP contribution in [-0.4, -0.2) is 18.6 Å². The van der Waals surface area contributed by atoms with E-state index in [1.165, 1.54) is 0 Å². The van der Waals surface area contributed by atoms with Crippen molar-refractivity contribution < 1.29 is 0 Å². The highest BCUT2D eigenvalue weighted by molar-refractivity contribution is 6.21. The van der Waals surface area contributed by atoms with E-state index in [-0.39, 0.29) is 0 Å². The molecule has 0 amide bonds. The first-order chi connectivity index (χ1) is 11.8. The van der Waals surface area contributed by atoms with E-state index >= 15 is 0 Å². The molecule has 1 aliphatic rings. The number of anilines is 1. The largest absolute Gasteiger partial charge is 0.327 e. The van der Waals surface area contributed by atoms with Gasteiger partial charge in [0.25, 0.3) is 0 Å². The van der Waals surface area contributed by atoms with E-state index in [0.29, 0.717) is 0 Å². The fourth-order valence-corrected chi connectivity index (χ4v) is 2.95. The maximum atomic E-state index is 4.61. The third-order valence-electron chi connectivity index (χ3n) is 4.16. The second kappa shape index (κ2) is 6.13. The van der Waals surface area contributed by atoms with Crippen LogP contribution >= 0.6 is 0 Å². The van der Waals surface area contributed by atoms with Crippen LogP contribution in [0.4, 0.5) is 5.69 Å². The van der Waals surface area contributed by atoms with Crippen LogP contribution in [0.15, 0.2) is 95.1 Å². The lowest BCUT2D eigenvalue weighted by atomic mass is 10.00. The van der Waals surface area contributed by atoms with Gasteiger partial charge in [0.2, 0.25) is 0 Å². The van der Waals surface area contributed by atoms with Gasteiger partial charge < -0.3 is 4.90 Å². The average Bonchev–Trinajstić information content (AvgIpc) is 2.80. The van der Waals surface area contributed by atoms with Crippen molar-refractivity contribution in [2.75, 3.05) is 11.9 Å². The van der Waals surface area contributed by atoms with Gasteiger partial charge in [-0.3, -0.25) is 0 Å². The highest BCUT2D eigenvalue weighted by Crippen LogP contribution is 2.27. The van der Waals surface area contributed by atoms with Gasteiger partial charge in [-0.1, -0.05) is 78.9 Å². The summed E-state index contributed by atoms with van der Waals surface area (Å²) in [6, 6.07) is 28.6. The lowest BCUT2D eigenvalue weighted by Crippen LogP contribution is -2.27. The Hall–Kier alpha value is -3.20. The van der Waals surface area contributed by atoms with Crippen LogP contribution in [0.5, 0.6) is 0 Å². The summed E-state index contributed by atoms with van der Waals surface area (Å²) in [5.74, 6) is 0.842. The first-order valence-electron chi connectivity index (χ1n) is 7.94. The maximum absolute atomic E-state index is 4.61. The Morgan fingerprint density at radius 1 is 0.625 bits per heavy atom. The predicted molar refractivity (Wildman–Crippen MR) is 99.9 cm³/mol. The quantitative estimate of drug-likeness (QED) is 0.692. The number of hydrogen-bond donors (Lipinski definition) is 0. The molecule has 0 aromatic heterocycles. The molecule has 0 radical (unpaired) electrons. The maximum Gasteiger partial charge on any atom is 0.162 e. The van der Waals surface area contributed by atoms with E-state index in [0.717, 1.165) is 33.9 Å². The van der Waals surface area contributed by atoms with E-state index in [4.69, 9.17) is 0 Å². The number of para-hydroxylation sites is 1. The van der Waals surface area contributed by atoms with Crippen molar-refractivity contribution in [3.63, 3.8) is 0 Å². The molecule has 0 aliphatic carbocycles. The Kier molecular flexibility index (Phi) is 3.67. The standard InChI is InChI=1S/C21H17N3/c1-24-19-15-9-8-14-18(19)20(16-10-4-2-5-11-16)22-23-21(24)17-12-6-3-7-13-17/h2-15H,1H3. The minimum Gasteiger partial charge on any atom is -0.327 e. The van der Waals surface area contributed by atoms with Crippen LogP contribution in [0, 0.1) is 0 Å². The average molecular weight is 311 g/mol. The highest BCUT2D eigenvalue weighted by atomic mass is 15.3. The van der Waals surface area contributed by atoms with Crippen LogP contribution in [0.1, 0.15) is 16.7 Å². The normalized spacial score (nSPS) is 13.6. The summed E-state index contributed by atoms with van der Waals surface area (Å²) >= 11 is 0. The molecule has 0 bridgehead atoms. The van der Waals surface area contributed by atoms with Crippen LogP contribution in [-0.2, 0) is 0 Å². The number of amidine groups is 1. The Morgan fingerprint density at radius 2 is 1.21 bits per heavy atom. The number of nitrogens with zero attached hydrogens (tertiary/aromatic N) is 3. The molecule has 1 aliphatic heterocycles. The van der Waals surface area contributed by atoms with E-state index in [9.17, 15) is 0 Å². The molecule has 3 nitrogen and oxygen atoms in total. The molecular weight excluding hydrogens is 294 g/mol. The lowest BCUT2D eigenvalue weighted by molar-refractivity contribution is 1.18. The minimum atomic E-state index is 0.842. The highest BCUT2D eigenvalue weighted by Gasteiger charge is 2.21. The molecule has 116 valence electrons. The third-order valence-corrected chi connectivity index (χ3v) is 4.16. The zero-order valence-electron chi connectivity index (χ0n) is 13.4. The van der Waals surface area contributed by atoms with E-state index in [1.807, 2.05) is 55.6 Å². The SMILES string of the molecule is CN1C(c2ccccc2)=NN=C(c2ccccc2)c2ccccc21. The van der Waals surface area contributed by atoms with E-state index < -0.39 is 0 Å². The van der Waals surface area contributed by atoms with Crippen molar-refractivity contribution in [3.05, 3.63) is 102 Å². The second-order valence-electron chi connectivity index (χ2n) is 5.68. The summed E-state index contributed by atoms with van der Waals surface area (Å²) in [5.41, 5.74) is 5.19. The van der Waals surface area contributed by atoms with Gasteiger partial charge in [-0.25, -0.2) is 0 Å². The van der Waals surface area contributed by atoms with E-state index in [1.54, 1.807) is 0 Å². The van der Waals surface area contributed by atoms with Crippen LogP contribution in [0.3, 0.4) is 0 Å². The fourth-order valence-electron chi connectivity index (χ4n) is 2.95. The number of benzene rings is 3. The topological polar surface area (TPSA) is 28.0 Å². The van der Waals surface area contributed by atoms with Crippen LogP contribution in [0.2, 0.25) is 0 Å². The first kappa shape index (κ1) is 14.4. The molecule has 3 aromatic rings. The van der Waals surface area contributed by atoms with Crippen molar-refractivity contribution in [3.8, 4) is 0 Å². The molecule has 0 spiro atoms. The number of hydrogen-bond acceptors (Lipinski definition) is 3. The molecule has 3 heteroatoms. The Bertz CT molecular complexity index is 912. The van der Waals surface area contributed by atoms with Gasteiger partial charge in [-0.2, -0.15) is 0 Å². The summed E-state index contributed by atoms with van der Waals surface area (Å²) in [6.45, 7) is 0. The monoisotopic (exact) mass is 311 g/mol. The molecule has 0 N–H and O–H groups in total. The molecule has 4 rings (SSSR count). The van der Waals surface area contributed by atoms with Gasteiger partial charge in [-0.05, 0) is 6.07 Å². The molecule has 0 atom stereocenters. The molecule has 0 unspecified atom stereocenters. The lowest BCUT2D eigenvalue weighted by Gasteiger charge is -2.21. The van der Waals surface area contributed by atoms with Crippen molar-refractivity contribution >= 4 is 17.2 Å². The second-order valence-corrected chi connectivity index (χ2v) is 5.68. The van der Waals surface area contributed by atoms with Crippen molar-refractivity contribution in [1.29, 1.82) is 0 Å². The first-order valence-corrected chi connectivity index (χ1v) is 7.94. The van der Waals surface area contributed by atoms with Gasteiger partial charge >= 0.3 is 0 Å². The Balaban J connectivity index is 1.93. The van der Waals surface area contributed by atoms with Gasteiger partial charge in [0, 0.05) is 23.7 Å². The van der Waals surface area contributed by atoms with Gasteiger partial charge in [-0.15, -0.1) is 10.2 Å². The summed E-state index contributed by atoms with van der Waals surface area (Å²) in [4.78, 5) is 2.10. The van der Waals surface area contributed by atoms with Crippen LogP contribution < -0.4 is 4.90 Å². The van der Waals surface area contributed by atoms with Gasteiger partial charge in [0.15, 0.2) is 5.84 Å². The zero-order valence-corrected chi connectivity index (χ0v) is 13.4. The molecule has 1 heterocycles. The Morgan fingerprint density at radius 3 is 1.92 bits per heavy atom. The number of fused-ring (bicyclic) bond motifs is 1. The molecule has 3 aromatic carbocycles. The molecule has 0 saturated carbocycles. The summed E-state index contributed by atoms with van der Waals surface area (Å²) < 4.78 is 0. The molecular formula is C21H17N3. The molecule has 0 fully saturated rings. The summed E-state index contributed by atoms with van der Waals surface area (Å²) in [5, 5.41) is 9.18. The van der Waals surface area contributed by atoms with Gasteiger partial charge in [0.05, 0.1) is 5.69 Å². The third kappa shape index (κ3) is 2.50. The van der Waals surface area contributed by atoms with Crippen molar-refractivity contribution in [2.45, 2.75) is 0 Å². The van der Waals surface area contributed by atoms with Crippen LogP contribution in [0.25, 0.3) is 0 Å². The van der Waals surface area contributed by atoms with Gasteiger partial charge in [0.1, 0.15) is 5.71 Å². The molecule has 24 heavy (non-hydrogen) atoms. The Labute approximate surface area is 141 Å². The number of rotatable bonds is 2. The fraction of sp³-hybridized carbons (Fsp3) is 0.0476. The minimum absolute atomic E-state index is 0.842.